The Labute approximate surface area is 129 Å². The molecule has 0 aliphatic heterocycles. The summed E-state index contributed by atoms with van der Waals surface area (Å²) in [4.78, 5) is 0. The Kier molecular flexibility index (Phi) is 5.57. The Balaban J connectivity index is 1.80. The van der Waals surface area contributed by atoms with E-state index in [1.165, 1.54) is 6.20 Å². The zero-order valence-electron chi connectivity index (χ0n) is 10.7. The molecular weight excluding hydrogens is 346 g/mol. The number of aliphatic hydroxyl groups is 1. The highest BCUT2D eigenvalue weighted by Gasteiger charge is 2.07. The maximum absolute atomic E-state index is 9.83. The molecule has 1 aromatic carbocycles. The summed E-state index contributed by atoms with van der Waals surface area (Å²) in [7, 11) is 1.61. The van der Waals surface area contributed by atoms with Crippen LogP contribution in [0.15, 0.2) is 28.9 Å². The summed E-state index contributed by atoms with van der Waals surface area (Å²) in [5.74, 6) is 1.17. The maximum atomic E-state index is 9.83. The first-order valence-electron chi connectivity index (χ1n) is 5.84. The van der Waals surface area contributed by atoms with Crippen LogP contribution in [0.25, 0.3) is 0 Å². The number of nitrogens with one attached hydrogen (secondary N) is 1. The molecule has 1 unspecified atom stereocenters. The zero-order chi connectivity index (χ0) is 14.4. The molecule has 0 spiro atoms. The lowest BCUT2D eigenvalue weighted by Crippen LogP contribution is -2.26. The van der Waals surface area contributed by atoms with Crippen molar-refractivity contribution < 1.29 is 14.6 Å². The topological polar surface area (TPSA) is 76.5 Å². The molecule has 8 heteroatoms. The molecule has 0 saturated heterocycles. The van der Waals surface area contributed by atoms with Crippen LogP contribution >= 0.6 is 27.7 Å². The second-order valence-electron chi connectivity index (χ2n) is 3.97. The number of ether oxygens (including phenoxy) is 2. The fraction of sp³-hybridized carbons (Fsp3) is 0.333. The Morgan fingerprint density at radius 1 is 1.45 bits per heavy atom. The van der Waals surface area contributed by atoms with Gasteiger partial charge in [0, 0.05) is 22.8 Å². The van der Waals surface area contributed by atoms with Crippen molar-refractivity contribution in [1.29, 1.82) is 0 Å². The lowest BCUT2D eigenvalue weighted by molar-refractivity contribution is 0.115. The van der Waals surface area contributed by atoms with Gasteiger partial charge in [0.05, 0.1) is 18.8 Å². The van der Waals surface area contributed by atoms with Gasteiger partial charge in [0.2, 0.25) is 5.88 Å². The number of methoxy groups -OCH3 is 1. The lowest BCUT2D eigenvalue weighted by atomic mass is 10.3. The second-order valence-corrected chi connectivity index (χ2v) is 5.44. The minimum absolute atomic E-state index is 0.156. The molecule has 0 bridgehead atoms. The van der Waals surface area contributed by atoms with Crippen molar-refractivity contribution in [1.82, 2.24) is 8.75 Å². The van der Waals surface area contributed by atoms with Crippen LogP contribution in [0.3, 0.4) is 0 Å². The van der Waals surface area contributed by atoms with Crippen molar-refractivity contribution >= 4 is 33.3 Å². The van der Waals surface area contributed by atoms with Gasteiger partial charge in [0.15, 0.2) is 0 Å². The molecule has 6 nitrogen and oxygen atoms in total. The zero-order valence-corrected chi connectivity index (χ0v) is 13.1. The SMILES string of the molecule is COc1cc(Br)cc(NCC(O)COc2cnsn2)c1. The summed E-state index contributed by atoms with van der Waals surface area (Å²) in [5, 5.41) is 12.9. The van der Waals surface area contributed by atoms with Crippen LogP contribution in [0.2, 0.25) is 0 Å². The van der Waals surface area contributed by atoms with E-state index >= 15 is 0 Å². The molecule has 0 aliphatic carbocycles. The third-order valence-corrected chi connectivity index (χ3v) is 3.33. The predicted molar refractivity (Wildman–Crippen MR) is 80.6 cm³/mol. The number of aromatic nitrogens is 2. The van der Waals surface area contributed by atoms with Crippen molar-refractivity contribution in [2.24, 2.45) is 0 Å². The minimum atomic E-state index is -0.651. The monoisotopic (exact) mass is 359 g/mol. The second kappa shape index (κ2) is 7.41. The minimum Gasteiger partial charge on any atom is -0.497 e. The summed E-state index contributed by atoms with van der Waals surface area (Å²) in [6.07, 6.45) is 0.867. The molecule has 2 rings (SSSR count). The van der Waals surface area contributed by atoms with Gasteiger partial charge in [-0.2, -0.15) is 4.37 Å². The van der Waals surface area contributed by atoms with E-state index in [9.17, 15) is 5.11 Å². The summed E-state index contributed by atoms with van der Waals surface area (Å²) in [6.45, 7) is 0.515. The lowest BCUT2D eigenvalue weighted by Gasteiger charge is -2.13. The van der Waals surface area contributed by atoms with Crippen LogP contribution in [0.4, 0.5) is 5.69 Å². The molecule has 0 radical (unpaired) electrons. The molecule has 0 amide bonds. The van der Waals surface area contributed by atoms with E-state index in [4.69, 9.17) is 9.47 Å². The van der Waals surface area contributed by atoms with Crippen molar-refractivity contribution in [3.63, 3.8) is 0 Å². The number of halogens is 1. The van der Waals surface area contributed by atoms with Crippen LogP contribution < -0.4 is 14.8 Å². The number of benzene rings is 1. The summed E-state index contributed by atoms with van der Waals surface area (Å²) in [6, 6.07) is 5.61. The van der Waals surface area contributed by atoms with Gasteiger partial charge in [-0.3, -0.25) is 0 Å². The first-order chi connectivity index (χ1) is 9.67. The molecule has 0 fully saturated rings. The summed E-state index contributed by atoms with van der Waals surface area (Å²) in [5.41, 5.74) is 0.852. The van der Waals surface area contributed by atoms with E-state index in [0.29, 0.717) is 12.4 Å². The highest BCUT2D eigenvalue weighted by molar-refractivity contribution is 9.10. The number of aliphatic hydroxyl groups excluding tert-OH is 1. The van der Waals surface area contributed by atoms with Crippen LogP contribution in [0.5, 0.6) is 11.6 Å². The van der Waals surface area contributed by atoms with E-state index in [2.05, 4.69) is 30.0 Å². The van der Waals surface area contributed by atoms with E-state index in [1.807, 2.05) is 18.2 Å². The molecule has 0 saturated carbocycles. The van der Waals surface area contributed by atoms with Crippen molar-refractivity contribution in [2.75, 3.05) is 25.6 Å². The van der Waals surface area contributed by atoms with Crippen LogP contribution in [0, 0.1) is 0 Å². The molecule has 1 heterocycles. The van der Waals surface area contributed by atoms with Gasteiger partial charge in [0.1, 0.15) is 24.7 Å². The number of rotatable bonds is 7. The fourth-order valence-corrected chi connectivity index (χ4v) is 2.32. The highest BCUT2D eigenvalue weighted by Crippen LogP contribution is 2.24. The normalized spacial score (nSPS) is 11.9. The van der Waals surface area contributed by atoms with Crippen molar-refractivity contribution in [2.45, 2.75) is 6.10 Å². The molecular formula is C12H14BrN3O3S. The summed E-state index contributed by atoms with van der Waals surface area (Å²) >= 11 is 4.46. The van der Waals surface area contributed by atoms with E-state index in [1.54, 1.807) is 7.11 Å². The van der Waals surface area contributed by atoms with Crippen molar-refractivity contribution in [3.8, 4) is 11.6 Å². The third kappa shape index (κ3) is 4.62. The van der Waals surface area contributed by atoms with Gasteiger partial charge in [-0.25, -0.2) is 0 Å². The molecule has 1 aromatic heterocycles. The standard InChI is InChI=1S/C12H14BrN3O3S/c1-18-11-3-8(13)2-9(4-11)14-5-10(17)7-19-12-6-15-20-16-12/h2-4,6,10,14,17H,5,7H2,1H3. The first kappa shape index (κ1) is 15.0. The summed E-state index contributed by atoms with van der Waals surface area (Å²) < 4.78 is 19.1. The largest absolute Gasteiger partial charge is 0.497 e. The van der Waals surface area contributed by atoms with Crippen molar-refractivity contribution in [3.05, 3.63) is 28.9 Å². The van der Waals surface area contributed by atoms with Gasteiger partial charge in [-0.1, -0.05) is 15.9 Å². The molecule has 2 aromatic rings. The van der Waals surface area contributed by atoms with Gasteiger partial charge in [-0.15, -0.1) is 4.37 Å². The molecule has 0 aliphatic rings. The average Bonchev–Trinajstić information content (AvgIpc) is 2.95. The van der Waals surface area contributed by atoms with Crippen LogP contribution in [-0.2, 0) is 0 Å². The van der Waals surface area contributed by atoms with E-state index < -0.39 is 6.10 Å². The Morgan fingerprint density at radius 2 is 2.30 bits per heavy atom. The first-order valence-corrected chi connectivity index (χ1v) is 7.36. The van der Waals surface area contributed by atoms with Gasteiger partial charge < -0.3 is 19.9 Å². The quantitative estimate of drug-likeness (QED) is 0.788. The fourth-order valence-electron chi connectivity index (χ4n) is 1.48. The van der Waals surface area contributed by atoms with Gasteiger partial charge >= 0.3 is 0 Å². The van der Waals surface area contributed by atoms with Gasteiger partial charge in [0.25, 0.3) is 0 Å². The number of hydrogen-bond donors (Lipinski definition) is 2. The Morgan fingerprint density at radius 3 is 3.00 bits per heavy atom. The Bertz CT molecular complexity index is 539. The maximum Gasteiger partial charge on any atom is 0.245 e. The van der Waals surface area contributed by atoms with E-state index in [0.717, 1.165) is 27.6 Å². The number of nitrogens with zero attached hydrogens (tertiary/aromatic N) is 2. The molecule has 20 heavy (non-hydrogen) atoms. The average molecular weight is 360 g/mol. The smallest absolute Gasteiger partial charge is 0.245 e. The highest BCUT2D eigenvalue weighted by atomic mass is 79.9. The predicted octanol–water partition coefficient (Wildman–Crippen LogP) is 2.16. The Hall–Kier alpha value is -1.38. The molecule has 2 N–H and O–H groups in total. The van der Waals surface area contributed by atoms with Crippen LogP contribution in [-0.4, -0.2) is 40.2 Å². The molecule has 1 atom stereocenters. The third-order valence-electron chi connectivity index (χ3n) is 2.41. The van der Waals surface area contributed by atoms with Gasteiger partial charge in [-0.05, 0) is 12.1 Å². The van der Waals surface area contributed by atoms with Crippen LogP contribution in [0.1, 0.15) is 0 Å². The number of anilines is 1. The number of hydrogen-bond acceptors (Lipinski definition) is 7. The molecule has 108 valence electrons. The van der Waals surface area contributed by atoms with E-state index in [-0.39, 0.29) is 6.61 Å².